The van der Waals surface area contributed by atoms with E-state index in [2.05, 4.69) is 10.6 Å². The van der Waals surface area contributed by atoms with Crippen molar-refractivity contribution < 1.29 is 10.6 Å². The summed E-state index contributed by atoms with van der Waals surface area (Å²) in [4.78, 5) is 0. The average Bonchev–Trinajstić information content (AvgIpc) is 2.21. The Labute approximate surface area is 75.1 Å². The SMILES string of the molecule is C1CC(C2CC[NH2+]CC2)CC[NH2+]1. The molecular weight excluding hydrogens is 148 g/mol. The number of nitrogens with two attached hydrogens (primary N) is 2. The van der Waals surface area contributed by atoms with E-state index in [0.717, 1.165) is 11.8 Å². The van der Waals surface area contributed by atoms with Gasteiger partial charge in [0.05, 0.1) is 26.2 Å². The van der Waals surface area contributed by atoms with Crippen LogP contribution in [0.2, 0.25) is 0 Å². The van der Waals surface area contributed by atoms with Crippen molar-refractivity contribution in [2.24, 2.45) is 11.8 Å². The Morgan fingerprint density at radius 2 is 0.917 bits per heavy atom. The fourth-order valence-corrected chi connectivity index (χ4v) is 2.85. The van der Waals surface area contributed by atoms with Gasteiger partial charge in [0.1, 0.15) is 0 Å². The molecule has 2 nitrogen and oxygen atoms in total. The first-order valence-electron chi connectivity index (χ1n) is 5.60. The van der Waals surface area contributed by atoms with Crippen molar-refractivity contribution in [1.29, 1.82) is 0 Å². The van der Waals surface area contributed by atoms with E-state index >= 15 is 0 Å². The molecule has 0 aromatic heterocycles. The molecule has 2 heterocycles. The largest absolute Gasteiger partial charge is 0.346 e. The maximum Gasteiger partial charge on any atom is 0.0758 e. The molecule has 0 aliphatic carbocycles. The zero-order valence-corrected chi connectivity index (χ0v) is 7.97. The van der Waals surface area contributed by atoms with E-state index in [1.807, 2.05) is 0 Å². The van der Waals surface area contributed by atoms with Gasteiger partial charge in [0.25, 0.3) is 0 Å². The Kier molecular flexibility index (Phi) is 3.01. The van der Waals surface area contributed by atoms with Gasteiger partial charge in [-0.25, -0.2) is 0 Å². The summed E-state index contributed by atoms with van der Waals surface area (Å²) in [6, 6.07) is 0. The monoisotopic (exact) mass is 170 g/mol. The lowest BCUT2D eigenvalue weighted by molar-refractivity contribution is -0.672. The second-order valence-corrected chi connectivity index (χ2v) is 4.41. The van der Waals surface area contributed by atoms with Crippen LogP contribution in [0, 0.1) is 11.8 Å². The maximum atomic E-state index is 2.48. The van der Waals surface area contributed by atoms with Crippen molar-refractivity contribution in [3.8, 4) is 0 Å². The summed E-state index contributed by atoms with van der Waals surface area (Å²) in [6.45, 7) is 5.57. The molecule has 0 spiro atoms. The van der Waals surface area contributed by atoms with Crippen LogP contribution in [-0.2, 0) is 0 Å². The number of hydrogen-bond acceptors (Lipinski definition) is 0. The highest BCUT2D eigenvalue weighted by molar-refractivity contribution is 4.72. The average molecular weight is 170 g/mol. The quantitative estimate of drug-likeness (QED) is 0.503. The molecule has 0 atom stereocenters. The maximum absolute atomic E-state index is 2.48. The number of quaternary nitrogens is 2. The van der Waals surface area contributed by atoms with Crippen LogP contribution in [0.25, 0.3) is 0 Å². The summed E-state index contributed by atoms with van der Waals surface area (Å²) < 4.78 is 0. The first-order chi connectivity index (χ1) is 5.97. The second-order valence-electron chi connectivity index (χ2n) is 4.41. The summed E-state index contributed by atoms with van der Waals surface area (Å²) in [5.41, 5.74) is 0. The molecule has 0 aromatic carbocycles. The summed E-state index contributed by atoms with van der Waals surface area (Å²) in [5.74, 6) is 2.17. The van der Waals surface area contributed by atoms with Crippen LogP contribution >= 0.6 is 0 Å². The molecule has 2 heteroatoms. The lowest BCUT2D eigenvalue weighted by atomic mass is 9.80. The Hall–Kier alpha value is -0.0800. The Balaban J connectivity index is 1.80. The van der Waals surface area contributed by atoms with Gasteiger partial charge in [0.2, 0.25) is 0 Å². The molecule has 2 saturated heterocycles. The van der Waals surface area contributed by atoms with Crippen LogP contribution < -0.4 is 10.6 Å². The van der Waals surface area contributed by atoms with Gasteiger partial charge >= 0.3 is 0 Å². The van der Waals surface area contributed by atoms with Gasteiger partial charge < -0.3 is 10.6 Å². The van der Waals surface area contributed by atoms with Gasteiger partial charge in [-0.1, -0.05) is 0 Å². The van der Waals surface area contributed by atoms with E-state index in [9.17, 15) is 0 Å². The van der Waals surface area contributed by atoms with E-state index < -0.39 is 0 Å². The van der Waals surface area contributed by atoms with Gasteiger partial charge in [-0.05, 0) is 37.5 Å². The van der Waals surface area contributed by atoms with Crippen LogP contribution in [0.4, 0.5) is 0 Å². The van der Waals surface area contributed by atoms with Crippen LogP contribution in [0.15, 0.2) is 0 Å². The molecule has 12 heavy (non-hydrogen) atoms. The summed E-state index contributed by atoms with van der Waals surface area (Å²) >= 11 is 0. The normalized spacial score (nSPS) is 29.0. The van der Waals surface area contributed by atoms with Gasteiger partial charge in [-0.2, -0.15) is 0 Å². The molecule has 0 unspecified atom stereocenters. The number of hydrogen-bond donors (Lipinski definition) is 2. The zero-order valence-electron chi connectivity index (χ0n) is 7.97. The van der Waals surface area contributed by atoms with Crippen LogP contribution in [-0.4, -0.2) is 26.2 Å². The van der Waals surface area contributed by atoms with Gasteiger partial charge in [0.15, 0.2) is 0 Å². The van der Waals surface area contributed by atoms with E-state index in [1.165, 1.54) is 51.9 Å². The molecule has 2 aliphatic heterocycles. The van der Waals surface area contributed by atoms with Crippen molar-refractivity contribution >= 4 is 0 Å². The van der Waals surface area contributed by atoms with Gasteiger partial charge in [0, 0.05) is 0 Å². The Morgan fingerprint density at radius 1 is 0.583 bits per heavy atom. The minimum Gasteiger partial charge on any atom is -0.346 e. The highest BCUT2D eigenvalue weighted by atomic mass is 14.9. The summed E-state index contributed by atoms with van der Waals surface area (Å²) in [5, 5.41) is 4.96. The molecule has 2 fully saturated rings. The lowest BCUT2D eigenvalue weighted by Crippen LogP contribution is -2.88. The summed E-state index contributed by atoms with van der Waals surface area (Å²) in [7, 11) is 0. The predicted molar refractivity (Wildman–Crippen MR) is 48.8 cm³/mol. The fraction of sp³-hybridized carbons (Fsp3) is 1.00. The van der Waals surface area contributed by atoms with Crippen molar-refractivity contribution in [3.05, 3.63) is 0 Å². The molecule has 0 bridgehead atoms. The fourth-order valence-electron chi connectivity index (χ4n) is 2.85. The molecule has 70 valence electrons. The zero-order chi connectivity index (χ0) is 8.23. The van der Waals surface area contributed by atoms with E-state index in [-0.39, 0.29) is 0 Å². The summed E-state index contributed by atoms with van der Waals surface area (Å²) in [6.07, 6.45) is 5.96. The highest BCUT2D eigenvalue weighted by Gasteiger charge is 2.27. The van der Waals surface area contributed by atoms with Crippen LogP contribution in [0.3, 0.4) is 0 Å². The number of piperidine rings is 2. The molecule has 0 aromatic rings. The molecule has 2 aliphatic rings. The van der Waals surface area contributed by atoms with E-state index in [1.54, 1.807) is 0 Å². The first kappa shape index (κ1) is 8.52. The topological polar surface area (TPSA) is 33.2 Å². The molecule has 2 rings (SSSR count). The third-order valence-electron chi connectivity index (χ3n) is 3.63. The molecule has 0 saturated carbocycles. The van der Waals surface area contributed by atoms with E-state index in [0.29, 0.717) is 0 Å². The minimum atomic E-state index is 1.09. The van der Waals surface area contributed by atoms with Crippen LogP contribution in [0.5, 0.6) is 0 Å². The standard InChI is InChI=1S/C10H20N2/c1-5-11-6-2-9(1)10-3-7-12-8-4-10/h9-12H,1-8H2/p+2. The third kappa shape index (κ3) is 1.99. The highest BCUT2D eigenvalue weighted by Crippen LogP contribution is 2.26. The Bertz CT molecular complexity index is 108. The lowest BCUT2D eigenvalue weighted by Gasteiger charge is -2.30. The molecule has 0 radical (unpaired) electrons. The Morgan fingerprint density at radius 3 is 1.25 bits per heavy atom. The smallest absolute Gasteiger partial charge is 0.0758 e. The van der Waals surface area contributed by atoms with Crippen molar-refractivity contribution in [3.63, 3.8) is 0 Å². The number of rotatable bonds is 1. The molecule has 4 N–H and O–H groups in total. The third-order valence-corrected chi connectivity index (χ3v) is 3.63. The van der Waals surface area contributed by atoms with Crippen LogP contribution in [0.1, 0.15) is 25.7 Å². The van der Waals surface area contributed by atoms with E-state index in [4.69, 9.17) is 0 Å². The van der Waals surface area contributed by atoms with Gasteiger partial charge in [-0.15, -0.1) is 0 Å². The van der Waals surface area contributed by atoms with Crippen molar-refractivity contribution in [2.45, 2.75) is 25.7 Å². The van der Waals surface area contributed by atoms with Gasteiger partial charge in [-0.3, -0.25) is 0 Å². The van der Waals surface area contributed by atoms with Crippen molar-refractivity contribution in [1.82, 2.24) is 0 Å². The predicted octanol–water partition coefficient (Wildman–Crippen LogP) is -1.07. The minimum absolute atomic E-state index is 1.09. The first-order valence-corrected chi connectivity index (χ1v) is 5.60. The second kappa shape index (κ2) is 4.24. The molecular formula is C10H22N2+2. The van der Waals surface area contributed by atoms with Crippen molar-refractivity contribution in [2.75, 3.05) is 26.2 Å². The molecule has 0 amide bonds.